The van der Waals surface area contributed by atoms with E-state index in [9.17, 15) is 4.79 Å². The van der Waals surface area contributed by atoms with Crippen LogP contribution in [0.15, 0.2) is 22.7 Å². The first-order valence-electron chi connectivity index (χ1n) is 5.10. The first-order chi connectivity index (χ1) is 8.17. The molecule has 0 aliphatic heterocycles. The van der Waals surface area contributed by atoms with Crippen molar-refractivity contribution in [3.05, 3.63) is 27.5 Å². The molecule has 2 rings (SSSR count). The molecule has 0 unspecified atom stereocenters. The second kappa shape index (κ2) is 5.06. The molecule has 0 N–H and O–H groups in total. The lowest BCUT2D eigenvalue weighted by atomic mass is 10.2. The SMILES string of the molecule is CCOC(=O)c1cc2ccc(Br)c(OC)c2s1. The zero-order valence-corrected chi connectivity index (χ0v) is 11.9. The molecule has 2 aromatic rings. The van der Waals surface area contributed by atoms with Crippen molar-refractivity contribution in [1.29, 1.82) is 0 Å². The number of fused-ring (bicyclic) bond motifs is 1. The third kappa shape index (κ3) is 2.30. The predicted octanol–water partition coefficient (Wildman–Crippen LogP) is 3.85. The molecule has 90 valence electrons. The predicted molar refractivity (Wildman–Crippen MR) is 72.0 cm³/mol. The van der Waals surface area contributed by atoms with E-state index in [-0.39, 0.29) is 5.97 Å². The number of methoxy groups -OCH3 is 1. The van der Waals surface area contributed by atoms with Gasteiger partial charge in [0.25, 0.3) is 0 Å². The normalized spacial score (nSPS) is 10.5. The fourth-order valence-corrected chi connectivity index (χ4v) is 3.25. The fourth-order valence-electron chi connectivity index (χ4n) is 1.55. The molecule has 0 saturated heterocycles. The lowest BCUT2D eigenvalue weighted by Gasteiger charge is -2.03. The van der Waals surface area contributed by atoms with Gasteiger partial charge in [-0.1, -0.05) is 6.07 Å². The molecule has 3 nitrogen and oxygen atoms in total. The standard InChI is InChI=1S/C12H11BrO3S/c1-3-16-12(14)9-6-7-4-5-8(13)10(15-2)11(7)17-9/h4-6H,3H2,1-2H3. The van der Waals surface area contributed by atoms with E-state index in [1.165, 1.54) is 11.3 Å². The van der Waals surface area contributed by atoms with Gasteiger partial charge in [-0.05, 0) is 40.4 Å². The monoisotopic (exact) mass is 314 g/mol. The Bertz CT molecular complexity index is 562. The van der Waals surface area contributed by atoms with Crippen molar-refractivity contribution in [3.8, 4) is 5.75 Å². The van der Waals surface area contributed by atoms with Crippen LogP contribution in [0.3, 0.4) is 0 Å². The number of carbonyl (C=O) groups is 1. The Hall–Kier alpha value is -1.07. The van der Waals surface area contributed by atoms with Crippen molar-refractivity contribution in [2.24, 2.45) is 0 Å². The number of benzene rings is 1. The van der Waals surface area contributed by atoms with Crippen molar-refractivity contribution in [3.63, 3.8) is 0 Å². The van der Waals surface area contributed by atoms with Gasteiger partial charge in [-0.3, -0.25) is 0 Å². The van der Waals surface area contributed by atoms with Gasteiger partial charge in [0.1, 0.15) is 4.88 Å². The van der Waals surface area contributed by atoms with Crippen LogP contribution in [0.4, 0.5) is 0 Å². The van der Waals surface area contributed by atoms with Crippen molar-refractivity contribution >= 4 is 43.3 Å². The van der Waals surface area contributed by atoms with Gasteiger partial charge in [0.2, 0.25) is 0 Å². The van der Waals surface area contributed by atoms with E-state index in [2.05, 4.69) is 15.9 Å². The highest BCUT2D eigenvalue weighted by atomic mass is 79.9. The van der Waals surface area contributed by atoms with Gasteiger partial charge < -0.3 is 9.47 Å². The lowest BCUT2D eigenvalue weighted by molar-refractivity contribution is 0.0532. The Morgan fingerprint density at radius 1 is 1.47 bits per heavy atom. The summed E-state index contributed by atoms with van der Waals surface area (Å²) in [5.74, 6) is 0.468. The highest BCUT2D eigenvalue weighted by Crippen LogP contribution is 2.38. The lowest BCUT2D eigenvalue weighted by Crippen LogP contribution is -2.01. The van der Waals surface area contributed by atoms with E-state index in [4.69, 9.17) is 9.47 Å². The third-order valence-corrected chi connectivity index (χ3v) is 4.03. The maximum Gasteiger partial charge on any atom is 0.348 e. The van der Waals surface area contributed by atoms with E-state index >= 15 is 0 Å². The first-order valence-corrected chi connectivity index (χ1v) is 6.71. The molecule has 1 aromatic heterocycles. The minimum Gasteiger partial charge on any atom is -0.494 e. The molecule has 0 aliphatic rings. The van der Waals surface area contributed by atoms with E-state index in [1.54, 1.807) is 14.0 Å². The topological polar surface area (TPSA) is 35.5 Å². The number of carbonyl (C=O) groups excluding carboxylic acids is 1. The van der Waals surface area contributed by atoms with Crippen LogP contribution in [-0.4, -0.2) is 19.7 Å². The Balaban J connectivity index is 2.53. The number of rotatable bonds is 3. The summed E-state index contributed by atoms with van der Waals surface area (Å²) >= 11 is 4.80. The zero-order valence-electron chi connectivity index (χ0n) is 9.45. The molecule has 0 atom stereocenters. The van der Waals surface area contributed by atoms with E-state index in [0.717, 1.165) is 20.3 Å². The number of esters is 1. The van der Waals surface area contributed by atoms with Gasteiger partial charge in [0, 0.05) is 0 Å². The summed E-state index contributed by atoms with van der Waals surface area (Å²) in [4.78, 5) is 12.2. The molecule has 1 aromatic carbocycles. The van der Waals surface area contributed by atoms with Crippen LogP contribution in [-0.2, 0) is 4.74 Å². The van der Waals surface area contributed by atoms with E-state index < -0.39 is 0 Å². The maximum absolute atomic E-state index is 11.6. The van der Waals surface area contributed by atoms with E-state index in [1.807, 2.05) is 18.2 Å². The highest BCUT2D eigenvalue weighted by Gasteiger charge is 2.15. The van der Waals surface area contributed by atoms with Crippen molar-refractivity contribution in [2.75, 3.05) is 13.7 Å². The second-order valence-electron chi connectivity index (χ2n) is 3.33. The number of hydrogen-bond donors (Lipinski definition) is 0. The number of ether oxygens (including phenoxy) is 2. The van der Waals surface area contributed by atoms with E-state index in [0.29, 0.717) is 11.5 Å². The molecular weight excluding hydrogens is 304 g/mol. The number of hydrogen-bond acceptors (Lipinski definition) is 4. The molecule has 0 bridgehead atoms. The van der Waals surface area contributed by atoms with Crippen LogP contribution >= 0.6 is 27.3 Å². The minimum absolute atomic E-state index is 0.285. The van der Waals surface area contributed by atoms with Gasteiger partial charge in [-0.25, -0.2) is 4.79 Å². The Morgan fingerprint density at radius 3 is 2.88 bits per heavy atom. The Morgan fingerprint density at radius 2 is 2.24 bits per heavy atom. The van der Waals surface area contributed by atoms with Crippen molar-refractivity contribution in [2.45, 2.75) is 6.92 Å². The minimum atomic E-state index is -0.285. The molecular formula is C12H11BrO3S. The summed E-state index contributed by atoms with van der Waals surface area (Å²) in [7, 11) is 1.61. The second-order valence-corrected chi connectivity index (χ2v) is 5.24. The average molecular weight is 315 g/mol. The smallest absolute Gasteiger partial charge is 0.348 e. The van der Waals surface area contributed by atoms with Gasteiger partial charge in [-0.2, -0.15) is 0 Å². The molecule has 0 amide bonds. The Labute approximate surface area is 111 Å². The van der Waals surface area contributed by atoms with Crippen LogP contribution in [0.5, 0.6) is 5.75 Å². The van der Waals surface area contributed by atoms with Crippen LogP contribution in [0.2, 0.25) is 0 Å². The fraction of sp³-hybridized carbons (Fsp3) is 0.250. The zero-order chi connectivity index (χ0) is 12.4. The summed E-state index contributed by atoms with van der Waals surface area (Å²) in [5.41, 5.74) is 0. The molecule has 0 radical (unpaired) electrons. The van der Waals surface area contributed by atoms with Crippen molar-refractivity contribution < 1.29 is 14.3 Å². The van der Waals surface area contributed by atoms with Crippen LogP contribution < -0.4 is 4.74 Å². The molecule has 5 heteroatoms. The van der Waals surface area contributed by atoms with Crippen LogP contribution in [0, 0.1) is 0 Å². The summed E-state index contributed by atoms with van der Waals surface area (Å²) in [5, 5.41) is 0.984. The molecule has 17 heavy (non-hydrogen) atoms. The number of thiophene rings is 1. The Kier molecular flexibility index (Phi) is 3.69. The van der Waals surface area contributed by atoms with Gasteiger partial charge in [-0.15, -0.1) is 11.3 Å². The summed E-state index contributed by atoms with van der Waals surface area (Å²) in [6, 6.07) is 5.68. The first kappa shape index (κ1) is 12.4. The summed E-state index contributed by atoms with van der Waals surface area (Å²) in [6.07, 6.45) is 0. The van der Waals surface area contributed by atoms with Crippen LogP contribution in [0.1, 0.15) is 16.6 Å². The van der Waals surface area contributed by atoms with Crippen molar-refractivity contribution in [1.82, 2.24) is 0 Å². The quantitative estimate of drug-likeness (QED) is 0.807. The summed E-state index contributed by atoms with van der Waals surface area (Å²) in [6.45, 7) is 2.18. The summed E-state index contributed by atoms with van der Waals surface area (Å²) < 4.78 is 12.1. The molecule has 0 spiro atoms. The molecule has 0 saturated carbocycles. The van der Waals surface area contributed by atoms with Gasteiger partial charge >= 0.3 is 5.97 Å². The van der Waals surface area contributed by atoms with Gasteiger partial charge in [0.15, 0.2) is 5.75 Å². The molecule has 0 fully saturated rings. The third-order valence-electron chi connectivity index (χ3n) is 2.27. The van der Waals surface area contributed by atoms with Gasteiger partial charge in [0.05, 0.1) is 22.9 Å². The number of halogens is 1. The molecule has 0 aliphatic carbocycles. The maximum atomic E-state index is 11.6. The molecule has 1 heterocycles. The largest absolute Gasteiger partial charge is 0.494 e. The average Bonchev–Trinajstić information content (AvgIpc) is 2.73. The highest BCUT2D eigenvalue weighted by molar-refractivity contribution is 9.10. The van der Waals surface area contributed by atoms with Crippen LogP contribution in [0.25, 0.3) is 10.1 Å².